The lowest BCUT2D eigenvalue weighted by molar-refractivity contribution is 0.349. The molecule has 0 unspecified atom stereocenters. The Balaban J connectivity index is 2.09. The second-order valence-corrected chi connectivity index (χ2v) is 4.47. The van der Waals surface area contributed by atoms with Crippen LogP contribution in [0.5, 0.6) is 5.88 Å². The maximum Gasteiger partial charge on any atom is 0.240 e. The van der Waals surface area contributed by atoms with Gasteiger partial charge < -0.3 is 16.6 Å². The lowest BCUT2D eigenvalue weighted by atomic mass is 9.87. The number of nitrogens with two attached hydrogens (primary N) is 2. The number of nitrogen functional groups attached to an aromatic ring is 2. The Labute approximate surface area is 94.9 Å². The topological polar surface area (TPSA) is 98.0 Å². The highest BCUT2D eigenvalue weighted by atomic mass is 16.3. The standard InChI is InChI=1S/C11H18N4O/c12-9-10(13)14-8(15-11(9)16)6-7-4-2-1-3-5-7/h7H,1-6,12H2,(H3,13,14,15,16). The minimum Gasteiger partial charge on any atom is -0.492 e. The molecule has 1 heterocycles. The summed E-state index contributed by atoms with van der Waals surface area (Å²) >= 11 is 0. The molecule has 16 heavy (non-hydrogen) atoms. The minimum absolute atomic E-state index is 0.0763. The van der Waals surface area contributed by atoms with E-state index in [1.807, 2.05) is 0 Å². The molecule has 1 aromatic rings. The van der Waals surface area contributed by atoms with Crippen molar-refractivity contribution in [2.24, 2.45) is 5.92 Å². The quantitative estimate of drug-likeness (QED) is 0.703. The first-order valence-corrected chi connectivity index (χ1v) is 5.77. The largest absolute Gasteiger partial charge is 0.492 e. The molecule has 1 aromatic heterocycles. The summed E-state index contributed by atoms with van der Waals surface area (Å²) in [5.74, 6) is 1.21. The van der Waals surface area contributed by atoms with Crippen LogP contribution < -0.4 is 11.5 Å². The monoisotopic (exact) mass is 222 g/mol. The lowest BCUT2D eigenvalue weighted by Gasteiger charge is -2.20. The van der Waals surface area contributed by atoms with E-state index < -0.39 is 0 Å². The molecule has 5 nitrogen and oxygen atoms in total. The maximum atomic E-state index is 9.45. The smallest absolute Gasteiger partial charge is 0.240 e. The summed E-state index contributed by atoms with van der Waals surface area (Å²) in [5, 5.41) is 9.45. The lowest BCUT2D eigenvalue weighted by Crippen LogP contribution is -2.13. The van der Waals surface area contributed by atoms with Gasteiger partial charge in [0.1, 0.15) is 11.5 Å². The highest BCUT2D eigenvalue weighted by Gasteiger charge is 2.17. The fourth-order valence-corrected chi connectivity index (χ4v) is 2.26. The zero-order valence-corrected chi connectivity index (χ0v) is 9.32. The minimum atomic E-state index is -0.196. The first kappa shape index (κ1) is 11.0. The fourth-order valence-electron chi connectivity index (χ4n) is 2.26. The van der Waals surface area contributed by atoms with Gasteiger partial charge in [-0.3, -0.25) is 0 Å². The Bertz CT molecular complexity index is 351. The first-order valence-electron chi connectivity index (χ1n) is 5.77. The summed E-state index contributed by atoms with van der Waals surface area (Å²) in [6.45, 7) is 0. The van der Waals surface area contributed by atoms with E-state index in [9.17, 15) is 5.11 Å². The predicted octanol–water partition coefficient (Wildman–Crippen LogP) is 1.47. The predicted molar refractivity (Wildman–Crippen MR) is 62.8 cm³/mol. The number of hydrogen-bond donors (Lipinski definition) is 3. The van der Waals surface area contributed by atoms with Crippen LogP contribution in [0.25, 0.3) is 0 Å². The first-order chi connectivity index (χ1) is 7.66. The molecule has 0 aromatic carbocycles. The van der Waals surface area contributed by atoms with Gasteiger partial charge in [-0.25, -0.2) is 4.98 Å². The van der Waals surface area contributed by atoms with E-state index in [0.29, 0.717) is 11.7 Å². The van der Waals surface area contributed by atoms with Crippen LogP contribution >= 0.6 is 0 Å². The van der Waals surface area contributed by atoms with Crippen LogP contribution in [-0.2, 0) is 6.42 Å². The molecular formula is C11H18N4O. The molecule has 1 saturated carbocycles. The van der Waals surface area contributed by atoms with Crippen molar-refractivity contribution in [1.82, 2.24) is 9.97 Å². The van der Waals surface area contributed by atoms with Gasteiger partial charge in [-0.2, -0.15) is 4.98 Å². The van der Waals surface area contributed by atoms with Crippen LogP contribution in [0, 0.1) is 5.92 Å². The average Bonchev–Trinajstić information content (AvgIpc) is 2.27. The van der Waals surface area contributed by atoms with Crippen molar-refractivity contribution in [1.29, 1.82) is 0 Å². The highest BCUT2D eigenvalue weighted by Crippen LogP contribution is 2.28. The summed E-state index contributed by atoms with van der Waals surface area (Å²) in [6.07, 6.45) is 7.11. The molecule has 0 bridgehead atoms. The fraction of sp³-hybridized carbons (Fsp3) is 0.636. The normalized spacial score (nSPS) is 17.5. The maximum absolute atomic E-state index is 9.45. The average molecular weight is 222 g/mol. The van der Waals surface area contributed by atoms with Gasteiger partial charge in [0.15, 0.2) is 5.82 Å². The molecule has 88 valence electrons. The van der Waals surface area contributed by atoms with Crippen LogP contribution in [0.3, 0.4) is 0 Å². The molecule has 1 aliphatic rings. The second-order valence-electron chi connectivity index (χ2n) is 4.47. The van der Waals surface area contributed by atoms with Gasteiger partial charge in [-0.1, -0.05) is 32.1 Å². The van der Waals surface area contributed by atoms with Crippen LogP contribution in [-0.4, -0.2) is 15.1 Å². The molecule has 2 rings (SSSR count). The van der Waals surface area contributed by atoms with Crippen molar-refractivity contribution < 1.29 is 5.11 Å². The number of rotatable bonds is 2. The zero-order chi connectivity index (χ0) is 11.5. The van der Waals surface area contributed by atoms with Crippen LogP contribution in [0.4, 0.5) is 11.5 Å². The van der Waals surface area contributed by atoms with E-state index in [0.717, 1.165) is 6.42 Å². The van der Waals surface area contributed by atoms with Crippen LogP contribution in [0.1, 0.15) is 37.9 Å². The Morgan fingerprint density at radius 3 is 2.44 bits per heavy atom. The molecule has 5 N–H and O–H groups in total. The summed E-state index contributed by atoms with van der Waals surface area (Å²) in [6, 6.07) is 0. The summed E-state index contributed by atoms with van der Waals surface area (Å²) in [5.41, 5.74) is 11.2. The molecular weight excluding hydrogens is 204 g/mol. The Hall–Kier alpha value is -1.52. The summed E-state index contributed by atoms with van der Waals surface area (Å²) < 4.78 is 0. The van der Waals surface area contributed by atoms with E-state index >= 15 is 0 Å². The van der Waals surface area contributed by atoms with Gasteiger partial charge in [-0.05, 0) is 5.92 Å². The van der Waals surface area contributed by atoms with Gasteiger partial charge in [0, 0.05) is 6.42 Å². The van der Waals surface area contributed by atoms with E-state index in [1.165, 1.54) is 32.1 Å². The van der Waals surface area contributed by atoms with Crippen molar-refractivity contribution in [3.63, 3.8) is 0 Å². The number of aromatic nitrogens is 2. The van der Waals surface area contributed by atoms with Crippen molar-refractivity contribution in [3.05, 3.63) is 5.82 Å². The van der Waals surface area contributed by atoms with Crippen molar-refractivity contribution >= 4 is 11.5 Å². The molecule has 0 saturated heterocycles. The Kier molecular flexibility index (Phi) is 3.12. The summed E-state index contributed by atoms with van der Waals surface area (Å²) in [4.78, 5) is 8.08. The van der Waals surface area contributed by atoms with Gasteiger partial charge in [0.25, 0.3) is 0 Å². The molecule has 0 atom stereocenters. The number of anilines is 2. The number of aromatic hydroxyl groups is 1. The van der Waals surface area contributed by atoms with Crippen molar-refractivity contribution in [2.45, 2.75) is 38.5 Å². The third-order valence-corrected chi connectivity index (χ3v) is 3.20. The Morgan fingerprint density at radius 2 is 1.81 bits per heavy atom. The highest BCUT2D eigenvalue weighted by molar-refractivity contribution is 5.63. The SMILES string of the molecule is Nc1nc(CC2CCCCC2)nc(O)c1N. The molecule has 0 aliphatic heterocycles. The van der Waals surface area contributed by atoms with Gasteiger partial charge in [-0.15, -0.1) is 0 Å². The molecule has 5 heteroatoms. The number of hydrogen-bond acceptors (Lipinski definition) is 5. The number of nitrogens with zero attached hydrogens (tertiary/aromatic N) is 2. The third-order valence-electron chi connectivity index (χ3n) is 3.20. The molecule has 1 fully saturated rings. The Morgan fingerprint density at radius 1 is 1.12 bits per heavy atom. The van der Waals surface area contributed by atoms with Gasteiger partial charge >= 0.3 is 0 Å². The van der Waals surface area contributed by atoms with Crippen LogP contribution in [0.15, 0.2) is 0 Å². The van der Waals surface area contributed by atoms with E-state index in [1.54, 1.807) is 0 Å². The van der Waals surface area contributed by atoms with Crippen molar-refractivity contribution in [2.75, 3.05) is 11.5 Å². The molecule has 1 aliphatic carbocycles. The van der Waals surface area contributed by atoms with Gasteiger partial charge in [0.05, 0.1) is 0 Å². The van der Waals surface area contributed by atoms with E-state index in [4.69, 9.17) is 11.5 Å². The van der Waals surface area contributed by atoms with Crippen LogP contribution in [0.2, 0.25) is 0 Å². The zero-order valence-electron chi connectivity index (χ0n) is 9.32. The second kappa shape index (κ2) is 4.55. The molecule has 0 amide bonds. The molecule has 0 radical (unpaired) electrons. The third kappa shape index (κ3) is 2.35. The van der Waals surface area contributed by atoms with Crippen molar-refractivity contribution in [3.8, 4) is 5.88 Å². The molecule has 0 spiro atoms. The summed E-state index contributed by atoms with van der Waals surface area (Å²) in [7, 11) is 0. The van der Waals surface area contributed by atoms with E-state index in [-0.39, 0.29) is 17.4 Å². The van der Waals surface area contributed by atoms with E-state index in [2.05, 4.69) is 9.97 Å². The van der Waals surface area contributed by atoms with Gasteiger partial charge in [0.2, 0.25) is 5.88 Å².